The molecule has 0 saturated heterocycles. The Bertz CT molecular complexity index is 427. The van der Waals surface area contributed by atoms with Crippen molar-refractivity contribution >= 4 is 8.56 Å². The predicted octanol–water partition coefficient (Wildman–Crippen LogP) is 4.90. The van der Waals surface area contributed by atoms with Crippen molar-refractivity contribution in [1.29, 1.82) is 0 Å². The molecular formula is C19H28O2Si. The lowest BCUT2D eigenvalue weighted by molar-refractivity contribution is 0.356. The summed E-state index contributed by atoms with van der Waals surface area (Å²) < 4.78 is 11.4. The van der Waals surface area contributed by atoms with E-state index in [1.54, 1.807) is 5.70 Å². The van der Waals surface area contributed by atoms with Gasteiger partial charge < -0.3 is 8.85 Å². The van der Waals surface area contributed by atoms with Crippen LogP contribution in [0.25, 0.3) is 0 Å². The third kappa shape index (κ3) is 5.82. The minimum Gasteiger partial charge on any atom is -0.459 e. The van der Waals surface area contributed by atoms with E-state index in [-0.39, 0.29) is 0 Å². The zero-order valence-corrected chi connectivity index (χ0v) is 14.8. The molecule has 120 valence electrons. The van der Waals surface area contributed by atoms with Gasteiger partial charge in [0.25, 0.3) is 0 Å². The summed E-state index contributed by atoms with van der Waals surface area (Å²) in [7, 11) is -2.48. The first kappa shape index (κ1) is 17.0. The molecule has 2 aliphatic carbocycles. The fourth-order valence-electron chi connectivity index (χ4n) is 3.03. The van der Waals surface area contributed by atoms with E-state index in [4.69, 9.17) is 8.85 Å². The normalized spacial score (nSPS) is 20.0. The molecule has 2 aliphatic rings. The Labute approximate surface area is 136 Å². The van der Waals surface area contributed by atoms with E-state index in [0.717, 1.165) is 0 Å². The topological polar surface area (TPSA) is 18.5 Å². The molecule has 2 saturated carbocycles. The van der Waals surface area contributed by atoms with Crippen LogP contribution in [0.2, 0.25) is 6.55 Å². The highest BCUT2D eigenvalue weighted by atomic mass is 28.4. The fraction of sp³-hybridized carbons (Fsp3) is 0.684. The largest absolute Gasteiger partial charge is 0.501 e. The predicted molar refractivity (Wildman–Crippen MR) is 92.7 cm³/mol. The van der Waals surface area contributed by atoms with Gasteiger partial charge in [0.15, 0.2) is 0 Å². The molecule has 0 aliphatic heterocycles. The smallest absolute Gasteiger partial charge is 0.459 e. The molecule has 0 aromatic heterocycles. The molecule has 0 atom stereocenters. The van der Waals surface area contributed by atoms with Gasteiger partial charge in [0.2, 0.25) is 0 Å². The van der Waals surface area contributed by atoms with Crippen LogP contribution in [0.1, 0.15) is 64.2 Å². The van der Waals surface area contributed by atoms with E-state index < -0.39 is 8.56 Å². The summed E-state index contributed by atoms with van der Waals surface area (Å²) >= 11 is 0. The first-order valence-electron chi connectivity index (χ1n) is 8.72. The molecule has 0 unspecified atom stereocenters. The standard InChI is InChI=1S/C19H28O2Si/c1-3-22(2,20-16-14-18-10-6-4-7-11-18)21-17-15-19-12-8-5-9-13-19/h3,18-19H,1,4-13H2,2H3. The van der Waals surface area contributed by atoms with Gasteiger partial charge in [-0.15, -0.1) is 6.58 Å². The van der Waals surface area contributed by atoms with Gasteiger partial charge in [-0.25, -0.2) is 0 Å². The molecule has 0 N–H and O–H groups in total. The van der Waals surface area contributed by atoms with Gasteiger partial charge in [0, 0.05) is 18.4 Å². The van der Waals surface area contributed by atoms with Gasteiger partial charge in [-0.3, -0.25) is 0 Å². The SMILES string of the molecule is C=C[Si](C)(OC#CC1CCCCC1)OC#CC1CCCCC1. The maximum absolute atomic E-state index is 5.71. The van der Waals surface area contributed by atoms with Crippen molar-refractivity contribution < 1.29 is 8.85 Å². The third-order valence-electron chi connectivity index (χ3n) is 4.61. The summed E-state index contributed by atoms with van der Waals surface area (Å²) in [5, 5.41) is 0. The van der Waals surface area contributed by atoms with E-state index in [1.807, 2.05) is 6.55 Å². The second-order valence-corrected chi connectivity index (χ2v) is 9.44. The lowest BCUT2D eigenvalue weighted by Crippen LogP contribution is -2.33. The molecule has 0 bridgehead atoms. The molecule has 0 spiro atoms. The van der Waals surface area contributed by atoms with Gasteiger partial charge in [-0.2, -0.15) is 0 Å². The van der Waals surface area contributed by atoms with Crippen LogP contribution >= 0.6 is 0 Å². The van der Waals surface area contributed by atoms with E-state index in [9.17, 15) is 0 Å². The third-order valence-corrected chi connectivity index (χ3v) is 6.37. The molecule has 22 heavy (non-hydrogen) atoms. The highest BCUT2D eigenvalue weighted by Gasteiger charge is 2.30. The minimum absolute atomic E-state index is 0.491. The molecule has 2 nitrogen and oxygen atoms in total. The Hall–Kier alpha value is -1.32. The van der Waals surface area contributed by atoms with Crippen LogP contribution in [-0.2, 0) is 8.85 Å². The summed E-state index contributed by atoms with van der Waals surface area (Å²) in [6, 6.07) is 0. The number of hydrogen-bond acceptors (Lipinski definition) is 2. The molecule has 0 radical (unpaired) electrons. The summed E-state index contributed by atoms with van der Waals surface area (Å²) in [5.41, 5.74) is 1.76. The average molecular weight is 317 g/mol. The summed E-state index contributed by atoms with van der Waals surface area (Å²) in [6.45, 7) is 5.79. The monoisotopic (exact) mass is 316 g/mol. The molecule has 2 fully saturated rings. The van der Waals surface area contributed by atoms with Gasteiger partial charge in [0.1, 0.15) is 0 Å². The Kier molecular flexibility index (Phi) is 6.94. The van der Waals surface area contributed by atoms with Crippen LogP contribution in [0.15, 0.2) is 12.3 Å². The van der Waals surface area contributed by atoms with Crippen LogP contribution < -0.4 is 0 Å². The quantitative estimate of drug-likeness (QED) is 0.544. The number of rotatable bonds is 3. The number of hydrogen-bond donors (Lipinski definition) is 0. The molecule has 0 aromatic rings. The van der Waals surface area contributed by atoms with Crippen molar-refractivity contribution in [2.24, 2.45) is 11.8 Å². The highest BCUT2D eigenvalue weighted by Crippen LogP contribution is 2.23. The van der Waals surface area contributed by atoms with Crippen LogP contribution in [0.5, 0.6) is 0 Å². The Morgan fingerprint density at radius 3 is 1.59 bits per heavy atom. The van der Waals surface area contributed by atoms with Crippen LogP contribution in [0, 0.1) is 35.9 Å². The second-order valence-electron chi connectivity index (χ2n) is 6.59. The second kappa shape index (κ2) is 8.96. The molecule has 0 heterocycles. The molecular weight excluding hydrogens is 288 g/mol. The zero-order valence-electron chi connectivity index (χ0n) is 13.8. The Morgan fingerprint density at radius 1 is 0.818 bits per heavy atom. The Balaban J connectivity index is 1.81. The van der Waals surface area contributed by atoms with E-state index >= 15 is 0 Å². The summed E-state index contributed by atoms with van der Waals surface area (Å²) in [6.07, 6.45) is 18.4. The van der Waals surface area contributed by atoms with Crippen molar-refractivity contribution in [1.82, 2.24) is 0 Å². The van der Waals surface area contributed by atoms with Gasteiger partial charge in [-0.05, 0) is 31.4 Å². The summed E-state index contributed by atoms with van der Waals surface area (Å²) in [4.78, 5) is 0. The van der Waals surface area contributed by atoms with E-state index in [1.165, 1.54) is 64.2 Å². The zero-order chi connectivity index (χ0) is 15.7. The van der Waals surface area contributed by atoms with Gasteiger partial charge in [0.05, 0.1) is 12.2 Å². The maximum atomic E-state index is 5.71. The first-order chi connectivity index (χ1) is 10.7. The lowest BCUT2D eigenvalue weighted by Gasteiger charge is -2.19. The average Bonchev–Trinajstić information content (AvgIpc) is 2.57. The minimum atomic E-state index is -2.48. The van der Waals surface area contributed by atoms with Crippen molar-refractivity contribution in [3.05, 3.63) is 12.3 Å². The van der Waals surface area contributed by atoms with Crippen molar-refractivity contribution in [3.63, 3.8) is 0 Å². The molecule has 0 aromatic carbocycles. The fourth-order valence-corrected chi connectivity index (χ4v) is 3.76. The maximum Gasteiger partial charge on any atom is 0.501 e. The molecule has 3 heteroatoms. The molecule has 2 rings (SSSR count). The van der Waals surface area contributed by atoms with Crippen LogP contribution in [0.3, 0.4) is 0 Å². The van der Waals surface area contributed by atoms with Crippen molar-refractivity contribution in [3.8, 4) is 24.1 Å². The van der Waals surface area contributed by atoms with Crippen LogP contribution in [0.4, 0.5) is 0 Å². The first-order valence-corrected chi connectivity index (χ1v) is 11.1. The summed E-state index contributed by atoms with van der Waals surface area (Å²) in [5.74, 6) is 7.46. The van der Waals surface area contributed by atoms with Gasteiger partial charge in [-0.1, -0.05) is 50.4 Å². The highest BCUT2D eigenvalue weighted by molar-refractivity contribution is 6.71. The Morgan fingerprint density at radius 2 is 1.23 bits per heavy atom. The van der Waals surface area contributed by atoms with Gasteiger partial charge >= 0.3 is 8.56 Å². The lowest BCUT2D eigenvalue weighted by atomic mass is 9.90. The van der Waals surface area contributed by atoms with E-state index in [0.29, 0.717) is 11.8 Å². The van der Waals surface area contributed by atoms with E-state index in [2.05, 4.69) is 30.6 Å². The van der Waals surface area contributed by atoms with Crippen molar-refractivity contribution in [2.45, 2.75) is 70.8 Å². The van der Waals surface area contributed by atoms with Crippen molar-refractivity contribution in [2.75, 3.05) is 0 Å². The molecule has 0 amide bonds. The van der Waals surface area contributed by atoms with Crippen LogP contribution in [-0.4, -0.2) is 8.56 Å².